The number of rotatable bonds is 3. The molecule has 160 valence electrons. The molecule has 0 saturated heterocycles. The molecule has 0 bridgehead atoms. The number of aromatic nitrogens is 3. The summed E-state index contributed by atoms with van der Waals surface area (Å²) >= 11 is 0. The maximum atomic E-state index is 10.3. The number of aryl methyl sites for hydroxylation is 2. The van der Waals surface area contributed by atoms with Crippen LogP contribution in [0.15, 0.2) is 85.1 Å². The van der Waals surface area contributed by atoms with Gasteiger partial charge in [0.25, 0.3) is 0 Å². The van der Waals surface area contributed by atoms with Crippen LogP contribution in [0.1, 0.15) is 11.1 Å². The number of para-hydroxylation sites is 1. The first-order valence-electron chi connectivity index (χ1n) is 10.8. The summed E-state index contributed by atoms with van der Waals surface area (Å²) in [5.41, 5.74) is 4.75. The molecule has 0 saturated carbocycles. The highest BCUT2D eigenvalue weighted by Crippen LogP contribution is 2.35. The molecular weight excluding hydrogens is 410 g/mol. The fourth-order valence-corrected chi connectivity index (χ4v) is 4.43. The highest BCUT2D eigenvalue weighted by Gasteiger charge is 2.14. The molecule has 0 aliphatic rings. The van der Waals surface area contributed by atoms with Gasteiger partial charge >= 0.3 is 0 Å². The Balaban J connectivity index is 1.50. The van der Waals surface area contributed by atoms with Crippen LogP contribution >= 0.6 is 0 Å². The molecule has 1 N–H and O–H groups in total. The molecule has 0 aliphatic carbocycles. The molecule has 0 spiro atoms. The molecule has 3 aromatic heterocycles. The van der Waals surface area contributed by atoms with Crippen molar-refractivity contribution in [1.29, 1.82) is 0 Å². The van der Waals surface area contributed by atoms with E-state index in [0.29, 0.717) is 17.1 Å². The number of nitrogens with zero attached hydrogens (tertiary/aromatic N) is 3. The zero-order valence-corrected chi connectivity index (χ0v) is 18.3. The lowest BCUT2D eigenvalue weighted by molar-refractivity contribution is 0.460. The lowest BCUT2D eigenvalue weighted by Crippen LogP contribution is -1.97. The van der Waals surface area contributed by atoms with Crippen molar-refractivity contribution in [3.8, 4) is 23.2 Å². The Labute approximate surface area is 190 Å². The predicted octanol–water partition coefficient (Wildman–Crippen LogP) is 6.84. The molecule has 6 rings (SSSR count). The van der Waals surface area contributed by atoms with Crippen molar-refractivity contribution < 1.29 is 9.84 Å². The van der Waals surface area contributed by atoms with Gasteiger partial charge in [-0.2, -0.15) is 0 Å². The molecule has 0 aliphatic heterocycles. The number of phenolic OH excluding ortho intramolecular Hbond substituents is 1. The maximum Gasteiger partial charge on any atom is 0.219 e. The number of phenols is 1. The SMILES string of the molecule is Cc1ccnc(-n2c3ccccc3c3ccc(Oc4ccc5cc(C)cc(O)c5n4)cc32)c1. The predicted molar refractivity (Wildman–Crippen MR) is 132 cm³/mol. The number of aromatic hydroxyl groups is 1. The van der Waals surface area contributed by atoms with E-state index in [1.165, 1.54) is 0 Å². The standard InChI is InChI=1S/C28H21N3O2/c1-17-11-12-29-26(15-17)31-23-6-4-3-5-21(23)22-9-8-20(16-24(22)31)33-27-10-7-19-13-18(2)14-25(32)28(19)30-27/h3-16,32H,1-2H3. The van der Waals surface area contributed by atoms with Crippen LogP contribution in [0, 0.1) is 13.8 Å². The number of hydrogen-bond donors (Lipinski definition) is 1. The summed E-state index contributed by atoms with van der Waals surface area (Å²) < 4.78 is 8.29. The topological polar surface area (TPSA) is 60.2 Å². The molecule has 0 amide bonds. The van der Waals surface area contributed by atoms with Crippen molar-refractivity contribution in [3.63, 3.8) is 0 Å². The van der Waals surface area contributed by atoms with Crippen molar-refractivity contribution in [2.75, 3.05) is 0 Å². The van der Waals surface area contributed by atoms with Crippen molar-refractivity contribution >= 4 is 32.7 Å². The number of fused-ring (bicyclic) bond motifs is 4. The number of benzene rings is 3. The van der Waals surface area contributed by atoms with Crippen LogP contribution in [0.4, 0.5) is 0 Å². The largest absolute Gasteiger partial charge is 0.506 e. The van der Waals surface area contributed by atoms with Gasteiger partial charge in [-0.1, -0.05) is 18.2 Å². The summed E-state index contributed by atoms with van der Waals surface area (Å²) in [6.07, 6.45) is 1.83. The molecule has 3 heterocycles. The average Bonchev–Trinajstić information content (AvgIpc) is 3.13. The van der Waals surface area contributed by atoms with Gasteiger partial charge in [0, 0.05) is 34.5 Å². The van der Waals surface area contributed by atoms with Crippen molar-refractivity contribution in [2.45, 2.75) is 13.8 Å². The summed E-state index contributed by atoms with van der Waals surface area (Å²) in [6.45, 7) is 4.01. The molecule has 5 nitrogen and oxygen atoms in total. The zero-order chi connectivity index (χ0) is 22.5. The Bertz CT molecular complexity index is 1680. The molecule has 0 radical (unpaired) electrons. The van der Waals surface area contributed by atoms with E-state index < -0.39 is 0 Å². The second-order valence-corrected chi connectivity index (χ2v) is 8.33. The van der Waals surface area contributed by atoms with E-state index in [1.807, 2.05) is 61.7 Å². The smallest absolute Gasteiger partial charge is 0.219 e. The van der Waals surface area contributed by atoms with E-state index in [1.54, 1.807) is 6.07 Å². The number of ether oxygens (including phenoxy) is 1. The van der Waals surface area contributed by atoms with Crippen LogP contribution in [0.3, 0.4) is 0 Å². The van der Waals surface area contributed by atoms with Crippen molar-refractivity contribution in [2.24, 2.45) is 0 Å². The highest BCUT2D eigenvalue weighted by molar-refractivity contribution is 6.09. The van der Waals surface area contributed by atoms with Gasteiger partial charge in [-0.05, 0) is 73.5 Å². The van der Waals surface area contributed by atoms with E-state index in [0.717, 1.165) is 44.1 Å². The van der Waals surface area contributed by atoms with Gasteiger partial charge in [-0.25, -0.2) is 9.97 Å². The van der Waals surface area contributed by atoms with Crippen molar-refractivity contribution in [1.82, 2.24) is 14.5 Å². The zero-order valence-electron chi connectivity index (χ0n) is 18.3. The van der Waals surface area contributed by atoms with Gasteiger partial charge < -0.3 is 9.84 Å². The molecule has 6 aromatic rings. The third-order valence-corrected chi connectivity index (χ3v) is 5.89. The monoisotopic (exact) mass is 431 g/mol. The van der Waals surface area contributed by atoms with Crippen molar-refractivity contribution in [3.05, 3.63) is 96.2 Å². The second-order valence-electron chi connectivity index (χ2n) is 8.33. The normalized spacial score (nSPS) is 11.5. The Morgan fingerprint density at radius 1 is 0.788 bits per heavy atom. The fourth-order valence-electron chi connectivity index (χ4n) is 4.43. The minimum Gasteiger partial charge on any atom is -0.506 e. The molecule has 5 heteroatoms. The summed E-state index contributed by atoms with van der Waals surface area (Å²) in [4.78, 5) is 9.16. The van der Waals surface area contributed by atoms with E-state index in [4.69, 9.17) is 4.74 Å². The maximum absolute atomic E-state index is 10.3. The lowest BCUT2D eigenvalue weighted by atomic mass is 10.1. The first-order chi connectivity index (χ1) is 16.1. The lowest BCUT2D eigenvalue weighted by Gasteiger charge is -2.10. The molecular formula is C28H21N3O2. The Hall–Kier alpha value is -4.38. The quantitative estimate of drug-likeness (QED) is 0.333. The Morgan fingerprint density at radius 3 is 2.52 bits per heavy atom. The van der Waals surface area contributed by atoms with E-state index in [-0.39, 0.29) is 5.75 Å². The fraction of sp³-hybridized carbons (Fsp3) is 0.0714. The number of hydrogen-bond acceptors (Lipinski definition) is 4. The summed E-state index contributed by atoms with van der Waals surface area (Å²) in [5, 5.41) is 13.5. The molecule has 0 unspecified atom stereocenters. The molecule has 33 heavy (non-hydrogen) atoms. The Morgan fingerprint density at radius 2 is 1.64 bits per heavy atom. The second kappa shape index (κ2) is 7.35. The average molecular weight is 431 g/mol. The van der Waals surface area contributed by atoms with Gasteiger partial charge in [0.2, 0.25) is 5.88 Å². The minimum atomic E-state index is 0.150. The van der Waals surface area contributed by atoms with Crippen LogP contribution in [-0.4, -0.2) is 19.6 Å². The van der Waals surface area contributed by atoms with E-state index in [2.05, 4.69) is 45.7 Å². The van der Waals surface area contributed by atoms with Gasteiger partial charge in [0.1, 0.15) is 22.8 Å². The first-order valence-corrected chi connectivity index (χ1v) is 10.8. The van der Waals surface area contributed by atoms with Gasteiger partial charge in [0.15, 0.2) is 0 Å². The van der Waals surface area contributed by atoms with Crippen LogP contribution < -0.4 is 4.74 Å². The molecule has 0 fully saturated rings. The van der Waals surface area contributed by atoms with E-state index in [9.17, 15) is 5.11 Å². The Kier molecular flexibility index (Phi) is 4.30. The van der Waals surface area contributed by atoms with Crippen LogP contribution in [0.5, 0.6) is 17.4 Å². The van der Waals surface area contributed by atoms with Crippen LogP contribution in [0.2, 0.25) is 0 Å². The first kappa shape index (κ1) is 19.3. The minimum absolute atomic E-state index is 0.150. The van der Waals surface area contributed by atoms with Crippen LogP contribution in [-0.2, 0) is 0 Å². The van der Waals surface area contributed by atoms with Gasteiger partial charge in [-0.15, -0.1) is 0 Å². The molecule has 3 aromatic carbocycles. The van der Waals surface area contributed by atoms with Crippen LogP contribution in [0.25, 0.3) is 38.5 Å². The third kappa shape index (κ3) is 3.26. The highest BCUT2D eigenvalue weighted by atomic mass is 16.5. The number of pyridine rings is 2. The van der Waals surface area contributed by atoms with E-state index >= 15 is 0 Å². The van der Waals surface area contributed by atoms with Gasteiger partial charge in [0.05, 0.1) is 11.0 Å². The summed E-state index contributed by atoms with van der Waals surface area (Å²) in [7, 11) is 0. The van der Waals surface area contributed by atoms with Gasteiger partial charge in [-0.3, -0.25) is 4.57 Å². The molecule has 0 atom stereocenters. The third-order valence-electron chi connectivity index (χ3n) is 5.89. The summed E-state index contributed by atoms with van der Waals surface area (Å²) in [5.74, 6) is 2.11. The summed E-state index contributed by atoms with van der Waals surface area (Å²) in [6, 6.07) is 25.9.